The third-order valence-corrected chi connectivity index (χ3v) is 4.97. The van der Waals surface area contributed by atoms with Crippen LogP contribution in [0.4, 0.5) is 5.82 Å². The molecule has 1 atom stereocenters. The Morgan fingerprint density at radius 2 is 1.84 bits per heavy atom. The standard InChI is InChI=1S/C20H21N3O2/c1-11-21-18-17(19(25)22-11)15(12-7-5-4-6-8-12)16-13(23-18)9-20(2,3)10-14(16)24/h4-8,15H,9-10H2,1-3H3,(H2,21,22,23,25)/t15-/m1/s1. The summed E-state index contributed by atoms with van der Waals surface area (Å²) in [6.07, 6.45) is 1.26. The predicted molar refractivity (Wildman–Crippen MR) is 96.6 cm³/mol. The zero-order chi connectivity index (χ0) is 17.8. The topological polar surface area (TPSA) is 74.8 Å². The molecule has 0 radical (unpaired) electrons. The van der Waals surface area contributed by atoms with Crippen LogP contribution in [0.15, 0.2) is 46.4 Å². The molecule has 0 saturated heterocycles. The van der Waals surface area contributed by atoms with Crippen molar-refractivity contribution >= 4 is 11.6 Å². The normalized spacial score (nSPS) is 21.4. The molecular weight excluding hydrogens is 314 g/mol. The molecule has 0 unspecified atom stereocenters. The van der Waals surface area contributed by atoms with E-state index in [1.54, 1.807) is 6.92 Å². The molecule has 25 heavy (non-hydrogen) atoms. The smallest absolute Gasteiger partial charge is 0.257 e. The summed E-state index contributed by atoms with van der Waals surface area (Å²) in [6.45, 7) is 5.96. The van der Waals surface area contributed by atoms with Crippen molar-refractivity contribution in [2.75, 3.05) is 5.32 Å². The number of nitrogens with one attached hydrogen (secondary N) is 2. The number of rotatable bonds is 1. The first-order valence-electron chi connectivity index (χ1n) is 8.55. The van der Waals surface area contributed by atoms with Crippen molar-refractivity contribution in [1.29, 1.82) is 0 Å². The Morgan fingerprint density at radius 3 is 2.56 bits per heavy atom. The number of allylic oxidation sites excluding steroid dienone is 2. The molecule has 0 spiro atoms. The Morgan fingerprint density at radius 1 is 1.12 bits per heavy atom. The van der Waals surface area contributed by atoms with Crippen LogP contribution in [0.25, 0.3) is 0 Å². The number of aryl methyl sites for hydroxylation is 1. The highest BCUT2D eigenvalue weighted by atomic mass is 16.1. The van der Waals surface area contributed by atoms with E-state index in [1.165, 1.54) is 0 Å². The number of anilines is 1. The average molecular weight is 335 g/mol. The molecule has 2 aliphatic rings. The second kappa shape index (κ2) is 5.41. The Kier molecular flexibility index (Phi) is 3.42. The molecule has 0 amide bonds. The third kappa shape index (κ3) is 2.60. The van der Waals surface area contributed by atoms with Crippen LogP contribution in [0.3, 0.4) is 0 Å². The van der Waals surface area contributed by atoms with Gasteiger partial charge >= 0.3 is 0 Å². The van der Waals surface area contributed by atoms with Crippen LogP contribution in [0, 0.1) is 12.3 Å². The summed E-state index contributed by atoms with van der Waals surface area (Å²) < 4.78 is 0. The van der Waals surface area contributed by atoms with Crippen molar-refractivity contribution in [2.45, 2.75) is 39.5 Å². The number of hydrogen-bond donors (Lipinski definition) is 2. The van der Waals surface area contributed by atoms with Gasteiger partial charge in [-0.3, -0.25) is 9.59 Å². The van der Waals surface area contributed by atoms with Gasteiger partial charge < -0.3 is 10.3 Å². The highest BCUT2D eigenvalue weighted by Gasteiger charge is 2.42. The van der Waals surface area contributed by atoms with Gasteiger partial charge in [0.2, 0.25) is 0 Å². The summed E-state index contributed by atoms with van der Waals surface area (Å²) in [6, 6.07) is 9.74. The molecule has 1 aliphatic heterocycles. The largest absolute Gasteiger partial charge is 0.343 e. The number of hydrogen-bond acceptors (Lipinski definition) is 4. The Balaban J connectivity index is 2.00. The lowest BCUT2D eigenvalue weighted by Crippen LogP contribution is -2.37. The minimum absolute atomic E-state index is 0.0993. The molecular formula is C20H21N3O2. The number of benzene rings is 1. The van der Waals surface area contributed by atoms with E-state index in [-0.39, 0.29) is 22.7 Å². The van der Waals surface area contributed by atoms with Crippen LogP contribution < -0.4 is 10.9 Å². The summed E-state index contributed by atoms with van der Waals surface area (Å²) in [5.74, 6) is 0.874. The quantitative estimate of drug-likeness (QED) is 0.839. The minimum Gasteiger partial charge on any atom is -0.343 e. The zero-order valence-electron chi connectivity index (χ0n) is 14.6. The lowest BCUT2D eigenvalue weighted by atomic mass is 9.69. The SMILES string of the molecule is Cc1nc2c(c(=O)[nH]1)[C@H](c1ccccc1)C1=C(CC(C)(C)CC1=O)N2. The van der Waals surface area contributed by atoms with Crippen molar-refractivity contribution in [3.05, 3.63) is 68.9 Å². The second-order valence-electron chi connectivity index (χ2n) is 7.72. The lowest BCUT2D eigenvalue weighted by Gasteiger charge is -2.38. The fourth-order valence-electron chi connectivity index (χ4n) is 4.01. The molecule has 4 rings (SSSR count). The van der Waals surface area contributed by atoms with Gasteiger partial charge in [-0.1, -0.05) is 44.2 Å². The summed E-state index contributed by atoms with van der Waals surface area (Å²) in [5, 5.41) is 3.29. The van der Waals surface area contributed by atoms with Gasteiger partial charge in [0.1, 0.15) is 11.6 Å². The van der Waals surface area contributed by atoms with Crippen molar-refractivity contribution in [2.24, 2.45) is 5.41 Å². The van der Waals surface area contributed by atoms with Crippen LogP contribution in [0.1, 0.15) is 49.6 Å². The van der Waals surface area contributed by atoms with Crippen molar-refractivity contribution in [1.82, 2.24) is 9.97 Å². The second-order valence-corrected chi connectivity index (χ2v) is 7.72. The predicted octanol–water partition coefficient (Wildman–Crippen LogP) is 3.28. The number of nitrogens with zero attached hydrogens (tertiary/aromatic N) is 1. The highest BCUT2D eigenvalue weighted by molar-refractivity contribution is 6.01. The molecule has 0 bridgehead atoms. The van der Waals surface area contributed by atoms with E-state index >= 15 is 0 Å². The summed E-state index contributed by atoms with van der Waals surface area (Å²) in [5.41, 5.74) is 2.81. The number of carbonyl (C=O) groups is 1. The van der Waals surface area contributed by atoms with Crippen molar-refractivity contribution in [3.63, 3.8) is 0 Å². The van der Waals surface area contributed by atoms with Crippen LogP contribution in [-0.4, -0.2) is 15.8 Å². The van der Waals surface area contributed by atoms with E-state index in [2.05, 4.69) is 29.1 Å². The van der Waals surface area contributed by atoms with Crippen LogP contribution >= 0.6 is 0 Å². The average Bonchev–Trinajstić information content (AvgIpc) is 2.52. The van der Waals surface area contributed by atoms with Gasteiger partial charge in [0, 0.05) is 23.6 Å². The number of aromatic amines is 1. The maximum Gasteiger partial charge on any atom is 0.257 e. The Labute approximate surface area is 146 Å². The van der Waals surface area contributed by atoms with Gasteiger partial charge in [-0.15, -0.1) is 0 Å². The molecule has 2 N–H and O–H groups in total. The molecule has 5 nitrogen and oxygen atoms in total. The molecule has 0 fully saturated rings. The fourth-order valence-corrected chi connectivity index (χ4v) is 4.01. The number of H-pyrrole nitrogens is 1. The third-order valence-electron chi connectivity index (χ3n) is 4.97. The molecule has 128 valence electrons. The van der Waals surface area contributed by atoms with E-state index in [0.717, 1.165) is 17.7 Å². The maximum absolute atomic E-state index is 13.0. The first-order chi connectivity index (χ1) is 11.9. The molecule has 2 heterocycles. The fraction of sp³-hybridized carbons (Fsp3) is 0.350. The Hall–Kier alpha value is -2.69. The van der Waals surface area contributed by atoms with E-state index in [0.29, 0.717) is 29.2 Å². The van der Waals surface area contributed by atoms with Gasteiger partial charge in [0.15, 0.2) is 5.78 Å². The number of carbonyl (C=O) groups excluding carboxylic acids is 1. The summed E-state index contributed by atoms with van der Waals surface area (Å²) in [4.78, 5) is 33.0. The van der Waals surface area contributed by atoms with Gasteiger partial charge in [-0.2, -0.15) is 0 Å². The van der Waals surface area contributed by atoms with E-state index in [1.807, 2.05) is 30.3 Å². The van der Waals surface area contributed by atoms with Gasteiger partial charge in [0.05, 0.1) is 5.56 Å². The van der Waals surface area contributed by atoms with Gasteiger partial charge in [-0.05, 0) is 24.3 Å². The number of ketones is 1. The summed E-state index contributed by atoms with van der Waals surface area (Å²) in [7, 11) is 0. The zero-order valence-corrected chi connectivity index (χ0v) is 14.6. The summed E-state index contributed by atoms with van der Waals surface area (Å²) >= 11 is 0. The minimum atomic E-state index is -0.368. The first-order valence-corrected chi connectivity index (χ1v) is 8.55. The molecule has 1 aromatic heterocycles. The molecule has 5 heteroatoms. The van der Waals surface area contributed by atoms with Gasteiger partial charge in [-0.25, -0.2) is 4.98 Å². The van der Waals surface area contributed by atoms with E-state index in [9.17, 15) is 9.59 Å². The maximum atomic E-state index is 13.0. The highest BCUT2D eigenvalue weighted by Crippen LogP contribution is 2.47. The Bertz CT molecular complexity index is 955. The molecule has 1 aliphatic carbocycles. The number of aromatic nitrogens is 2. The van der Waals surface area contributed by atoms with Crippen molar-refractivity contribution in [3.8, 4) is 0 Å². The van der Waals surface area contributed by atoms with Crippen molar-refractivity contribution < 1.29 is 4.79 Å². The van der Waals surface area contributed by atoms with E-state index < -0.39 is 0 Å². The molecule has 0 saturated carbocycles. The molecule has 1 aromatic carbocycles. The molecule has 2 aromatic rings. The monoisotopic (exact) mass is 335 g/mol. The first kappa shape index (κ1) is 15.8. The van der Waals surface area contributed by atoms with Crippen LogP contribution in [0.2, 0.25) is 0 Å². The van der Waals surface area contributed by atoms with Crippen LogP contribution in [-0.2, 0) is 4.79 Å². The number of Topliss-reactive ketones (excluding diaryl/α,β-unsaturated/α-hetero) is 1. The lowest BCUT2D eigenvalue weighted by molar-refractivity contribution is -0.118. The van der Waals surface area contributed by atoms with Gasteiger partial charge in [0.25, 0.3) is 5.56 Å². The van der Waals surface area contributed by atoms with Crippen LogP contribution in [0.5, 0.6) is 0 Å². The number of fused-ring (bicyclic) bond motifs is 1. The van der Waals surface area contributed by atoms with E-state index in [4.69, 9.17) is 0 Å².